The Kier molecular flexibility index (Phi) is 36.9. The van der Waals surface area contributed by atoms with Crippen LogP contribution in [0.3, 0.4) is 0 Å². The van der Waals surface area contributed by atoms with Crippen molar-refractivity contribution in [2.75, 3.05) is 159 Å². The Morgan fingerprint density at radius 1 is 0.391 bits per heavy atom. The van der Waals surface area contributed by atoms with Gasteiger partial charge in [0, 0.05) is 6.42 Å². The summed E-state index contributed by atoms with van der Waals surface area (Å²) in [7, 11) is -2.55. The molecule has 64 heavy (non-hydrogen) atoms. The zero-order chi connectivity index (χ0) is 45.9. The van der Waals surface area contributed by atoms with Crippen LogP contribution in [-0.4, -0.2) is 173 Å². The van der Waals surface area contributed by atoms with Gasteiger partial charge in [0.15, 0.2) is 0 Å². The van der Waals surface area contributed by atoms with Gasteiger partial charge in [0.2, 0.25) is 0 Å². The first kappa shape index (κ1) is 57.8. The minimum absolute atomic E-state index is 0.0618. The lowest BCUT2D eigenvalue weighted by Gasteiger charge is -2.43. The summed E-state index contributed by atoms with van der Waals surface area (Å²) in [4.78, 5) is 11.7. The Balaban J connectivity index is 1.24. The maximum Gasteiger partial charge on any atom is 0.305 e. The molecule has 0 aliphatic carbocycles. The molecule has 368 valence electrons. The number of carbonyl (C=O) groups excluding carboxylic acids is 1. The molecule has 0 atom stereocenters. The van der Waals surface area contributed by atoms with Gasteiger partial charge in [-0.25, -0.2) is 0 Å². The first-order valence-electron chi connectivity index (χ1n) is 23.7. The van der Waals surface area contributed by atoms with Crippen LogP contribution in [0.15, 0.2) is 60.7 Å². The lowest BCUT2D eigenvalue weighted by molar-refractivity contribution is -0.145. The van der Waals surface area contributed by atoms with E-state index >= 15 is 0 Å². The predicted octanol–water partition coefficient (Wildman–Crippen LogP) is 6.04. The maximum absolute atomic E-state index is 11.7. The van der Waals surface area contributed by atoms with Crippen LogP contribution < -0.4 is 10.4 Å². The fraction of sp³-hybridized carbons (Fsp3) is 0.735. The van der Waals surface area contributed by atoms with Crippen LogP contribution >= 0.6 is 0 Å². The van der Waals surface area contributed by atoms with Crippen molar-refractivity contribution in [3.63, 3.8) is 0 Å². The van der Waals surface area contributed by atoms with Crippen molar-refractivity contribution in [1.29, 1.82) is 0 Å². The van der Waals surface area contributed by atoms with E-state index < -0.39 is 8.32 Å². The van der Waals surface area contributed by atoms with Crippen LogP contribution in [0.25, 0.3) is 0 Å². The summed E-state index contributed by atoms with van der Waals surface area (Å²) in [6.45, 7) is 20.5. The highest BCUT2D eigenvalue weighted by Crippen LogP contribution is 2.36. The largest absolute Gasteiger partial charge is 0.463 e. The van der Waals surface area contributed by atoms with Crippen molar-refractivity contribution >= 4 is 24.7 Å². The average Bonchev–Trinajstić information content (AvgIpc) is 3.30. The van der Waals surface area contributed by atoms with Gasteiger partial charge in [0.25, 0.3) is 8.32 Å². The molecule has 0 unspecified atom stereocenters. The van der Waals surface area contributed by atoms with E-state index in [1.807, 2.05) is 0 Å². The molecule has 0 aromatic heterocycles. The number of benzene rings is 2. The Morgan fingerprint density at radius 2 is 0.672 bits per heavy atom. The van der Waals surface area contributed by atoms with E-state index in [4.69, 9.17) is 61.3 Å². The number of ether oxygens (including phenoxy) is 12. The average molecular weight is 925 g/mol. The second kappa shape index (κ2) is 40.9. The SMILES string of the molecule is CCCCCCCCC(=O)OCCOCCOCCOCCOCCOCCOCCOCCOCCOCCOCCOCCO[Si](c1ccccc1)(c1ccccc1)C(C)(C)C. The van der Waals surface area contributed by atoms with Crippen LogP contribution in [0.2, 0.25) is 5.04 Å². The minimum atomic E-state index is -2.55. The fourth-order valence-electron chi connectivity index (χ4n) is 6.65. The summed E-state index contributed by atoms with van der Waals surface area (Å²) < 4.78 is 73.3. The second-order valence-corrected chi connectivity index (χ2v) is 20.3. The highest BCUT2D eigenvalue weighted by Gasteiger charge is 2.50. The molecule has 15 heteroatoms. The van der Waals surface area contributed by atoms with E-state index in [9.17, 15) is 4.79 Å². The van der Waals surface area contributed by atoms with Gasteiger partial charge >= 0.3 is 5.97 Å². The van der Waals surface area contributed by atoms with E-state index in [0.29, 0.717) is 158 Å². The third kappa shape index (κ3) is 29.3. The highest BCUT2D eigenvalue weighted by molar-refractivity contribution is 6.99. The van der Waals surface area contributed by atoms with Crippen LogP contribution in [-0.2, 0) is 66.1 Å². The van der Waals surface area contributed by atoms with Gasteiger partial charge in [-0.2, -0.15) is 0 Å². The molecule has 2 rings (SSSR count). The zero-order valence-electron chi connectivity index (χ0n) is 39.9. The molecule has 0 bridgehead atoms. The van der Waals surface area contributed by atoms with E-state index in [-0.39, 0.29) is 17.6 Å². The van der Waals surface area contributed by atoms with Gasteiger partial charge in [-0.1, -0.05) is 120 Å². The quantitative estimate of drug-likeness (QED) is 0.0434. The molecule has 0 saturated carbocycles. The topological polar surface area (TPSA) is 137 Å². The zero-order valence-corrected chi connectivity index (χ0v) is 40.9. The molecule has 0 saturated heterocycles. The first-order chi connectivity index (χ1) is 31.4. The molecular weight excluding hydrogens is 841 g/mol. The maximum atomic E-state index is 11.7. The van der Waals surface area contributed by atoms with Crippen LogP contribution in [0, 0.1) is 0 Å². The lowest BCUT2D eigenvalue weighted by atomic mass is 10.1. The Bertz CT molecular complexity index is 1260. The first-order valence-corrected chi connectivity index (χ1v) is 25.6. The van der Waals surface area contributed by atoms with Gasteiger partial charge in [0.05, 0.1) is 152 Å². The third-order valence-corrected chi connectivity index (χ3v) is 15.0. The van der Waals surface area contributed by atoms with Crippen molar-refractivity contribution in [2.45, 2.75) is 77.7 Å². The van der Waals surface area contributed by atoms with Gasteiger partial charge in [0.1, 0.15) is 6.61 Å². The number of hydrogen-bond donors (Lipinski definition) is 0. The van der Waals surface area contributed by atoms with Crippen molar-refractivity contribution in [1.82, 2.24) is 0 Å². The molecule has 0 aliphatic rings. The minimum Gasteiger partial charge on any atom is -0.463 e. The summed E-state index contributed by atoms with van der Waals surface area (Å²) in [6.07, 6.45) is 7.40. The molecule has 0 fully saturated rings. The molecule has 0 aliphatic heterocycles. The fourth-order valence-corrected chi connectivity index (χ4v) is 11.2. The number of esters is 1. The van der Waals surface area contributed by atoms with Crippen LogP contribution in [0.4, 0.5) is 0 Å². The molecule has 2 aromatic rings. The number of unbranched alkanes of at least 4 members (excludes halogenated alkanes) is 5. The Hall–Kier alpha value is -2.35. The standard InChI is InChI=1S/C49H84O14Si/c1-5-6-7-8-9-16-21-48(50)62-44-42-60-40-38-58-36-34-56-32-30-54-28-26-52-24-22-51-23-25-53-27-29-55-31-33-57-35-37-59-39-41-61-43-45-63-64(49(2,3)4,46-17-12-10-13-18-46)47-19-14-11-15-20-47/h10-15,17-20H,5-9,16,21-45H2,1-4H3. The molecule has 0 radical (unpaired) electrons. The third-order valence-electron chi connectivity index (χ3n) is 9.91. The molecule has 0 spiro atoms. The molecule has 0 amide bonds. The molecule has 2 aromatic carbocycles. The summed E-state index contributed by atoms with van der Waals surface area (Å²) >= 11 is 0. The summed E-state index contributed by atoms with van der Waals surface area (Å²) in [6, 6.07) is 21.3. The van der Waals surface area contributed by atoms with E-state index in [1.54, 1.807) is 0 Å². The highest BCUT2D eigenvalue weighted by atomic mass is 28.4. The number of hydrogen-bond acceptors (Lipinski definition) is 14. The van der Waals surface area contributed by atoms with Crippen molar-refractivity contribution in [2.24, 2.45) is 0 Å². The van der Waals surface area contributed by atoms with Gasteiger partial charge in [-0.05, 0) is 21.8 Å². The van der Waals surface area contributed by atoms with Crippen LogP contribution in [0.5, 0.6) is 0 Å². The van der Waals surface area contributed by atoms with Crippen molar-refractivity contribution in [3.05, 3.63) is 60.7 Å². The normalized spacial score (nSPS) is 12.0. The molecule has 14 nitrogen and oxygen atoms in total. The van der Waals surface area contributed by atoms with Crippen molar-refractivity contribution < 1.29 is 66.1 Å². The predicted molar refractivity (Wildman–Crippen MR) is 252 cm³/mol. The summed E-state index contributed by atoms with van der Waals surface area (Å²) in [5.74, 6) is -0.145. The monoisotopic (exact) mass is 925 g/mol. The van der Waals surface area contributed by atoms with Gasteiger partial charge in [-0.15, -0.1) is 0 Å². The Morgan fingerprint density at radius 3 is 0.984 bits per heavy atom. The van der Waals surface area contributed by atoms with E-state index in [2.05, 4.69) is 88.4 Å². The smallest absolute Gasteiger partial charge is 0.305 e. The van der Waals surface area contributed by atoms with Gasteiger partial charge in [-0.3, -0.25) is 4.79 Å². The molecule has 0 heterocycles. The molecule has 0 N–H and O–H groups in total. The number of carbonyl (C=O) groups is 1. The van der Waals surface area contributed by atoms with Crippen molar-refractivity contribution in [3.8, 4) is 0 Å². The van der Waals surface area contributed by atoms with Crippen LogP contribution in [0.1, 0.15) is 72.6 Å². The summed E-state index contributed by atoms with van der Waals surface area (Å²) in [5.41, 5.74) is 0. The Labute approximate surface area is 386 Å². The second-order valence-electron chi connectivity index (χ2n) is 16.0. The van der Waals surface area contributed by atoms with E-state index in [0.717, 1.165) is 12.8 Å². The van der Waals surface area contributed by atoms with Gasteiger partial charge < -0.3 is 61.3 Å². The number of rotatable bonds is 46. The lowest BCUT2D eigenvalue weighted by Crippen LogP contribution is -2.66. The molecular formula is C49H84O14Si. The van der Waals surface area contributed by atoms with E-state index in [1.165, 1.54) is 36.1 Å². The summed E-state index contributed by atoms with van der Waals surface area (Å²) in [5, 5.41) is 2.47.